The molecule has 0 radical (unpaired) electrons. The fourth-order valence-corrected chi connectivity index (χ4v) is 2.25. The van der Waals surface area contributed by atoms with Crippen molar-refractivity contribution >= 4 is 23.5 Å². The van der Waals surface area contributed by atoms with Gasteiger partial charge in [-0.25, -0.2) is 4.90 Å². The average Bonchev–Trinajstić information content (AvgIpc) is 2.54. The van der Waals surface area contributed by atoms with Gasteiger partial charge in [0.25, 0.3) is 5.91 Å². The number of imide groups is 1. The van der Waals surface area contributed by atoms with Crippen LogP contribution < -0.4 is 4.90 Å². The van der Waals surface area contributed by atoms with Gasteiger partial charge in [0, 0.05) is 11.5 Å². The Morgan fingerprint density at radius 2 is 1.64 bits per heavy atom. The van der Waals surface area contributed by atoms with E-state index in [1.54, 1.807) is 46.8 Å². The molecule has 5 heteroatoms. The molecule has 0 aromatic heterocycles. The molecule has 0 N–H and O–H groups in total. The lowest BCUT2D eigenvalue weighted by Gasteiger charge is -2.24. The lowest BCUT2D eigenvalue weighted by Crippen LogP contribution is -2.41. The molecule has 0 saturated heterocycles. The minimum absolute atomic E-state index is 0.150. The number of hydrogen-bond acceptors (Lipinski definition) is 4. The highest BCUT2D eigenvalue weighted by Gasteiger charge is 2.29. The van der Waals surface area contributed by atoms with Gasteiger partial charge in [-0.1, -0.05) is 37.1 Å². The van der Waals surface area contributed by atoms with Crippen LogP contribution in [-0.4, -0.2) is 24.4 Å². The van der Waals surface area contributed by atoms with Crippen LogP contribution in [0.15, 0.2) is 35.4 Å². The minimum atomic E-state index is -0.479. The Labute approximate surface area is 149 Å². The predicted octanol–water partition coefficient (Wildman–Crippen LogP) is 3.80. The van der Waals surface area contributed by atoms with Crippen LogP contribution in [-0.2, 0) is 19.1 Å². The van der Waals surface area contributed by atoms with E-state index in [-0.39, 0.29) is 30.4 Å². The number of allylic oxidation sites excluding steroid dienone is 1. The van der Waals surface area contributed by atoms with Crippen molar-refractivity contribution in [1.82, 2.24) is 0 Å². The molecule has 0 unspecified atom stereocenters. The first-order chi connectivity index (χ1) is 11.7. The van der Waals surface area contributed by atoms with Gasteiger partial charge in [-0.05, 0) is 39.8 Å². The van der Waals surface area contributed by atoms with Gasteiger partial charge < -0.3 is 4.74 Å². The number of nitrogens with zero attached hydrogens (tertiary/aromatic N) is 1. The first-order valence-electron chi connectivity index (χ1n) is 8.45. The number of esters is 1. The molecular weight excluding hydrogens is 318 g/mol. The molecular formula is C20H27NO4. The van der Waals surface area contributed by atoms with Gasteiger partial charge in [0.15, 0.2) is 0 Å². The second-order valence-electron chi connectivity index (χ2n) is 6.43. The molecule has 0 aliphatic carbocycles. The molecule has 0 spiro atoms. The molecule has 0 saturated carbocycles. The lowest BCUT2D eigenvalue weighted by molar-refractivity contribution is -0.143. The largest absolute Gasteiger partial charge is 0.466 e. The average molecular weight is 345 g/mol. The summed E-state index contributed by atoms with van der Waals surface area (Å²) in [5, 5.41) is 0. The van der Waals surface area contributed by atoms with E-state index in [4.69, 9.17) is 4.74 Å². The maximum Gasteiger partial charge on any atom is 0.310 e. The summed E-state index contributed by atoms with van der Waals surface area (Å²) in [6.07, 6.45) is -0.150. The zero-order valence-electron chi connectivity index (χ0n) is 15.9. The van der Waals surface area contributed by atoms with Crippen LogP contribution >= 0.6 is 0 Å². The quantitative estimate of drug-likeness (QED) is 0.581. The first-order valence-corrected chi connectivity index (χ1v) is 8.45. The van der Waals surface area contributed by atoms with Gasteiger partial charge in [-0.15, -0.1) is 0 Å². The summed E-state index contributed by atoms with van der Waals surface area (Å²) in [7, 11) is 0. The highest BCUT2D eigenvalue weighted by Crippen LogP contribution is 2.23. The summed E-state index contributed by atoms with van der Waals surface area (Å²) in [5.41, 5.74) is 2.50. The summed E-state index contributed by atoms with van der Waals surface area (Å²) < 4.78 is 4.95. The topological polar surface area (TPSA) is 63.7 Å². The number of carbonyl (C=O) groups excluding carboxylic acids is 3. The number of hydrogen-bond donors (Lipinski definition) is 0. The van der Waals surface area contributed by atoms with Crippen LogP contribution in [0.1, 0.15) is 46.6 Å². The zero-order valence-corrected chi connectivity index (χ0v) is 15.9. The van der Waals surface area contributed by atoms with Crippen molar-refractivity contribution in [2.45, 2.75) is 48.0 Å². The highest BCUT2D eigenvalue weighted by atomic mass is 16.5. The van der Waals surface area contributed by atoms with Crippen LogP contribution in [0.25, 0.3) is 0 Å². The fraction of sp³-hybridized carbons (Fsp3) is 0.450. The van der Waals surface area contributed by atoms with Gasteiger partial charge in [-0.3, -0.25) is 14.4 Å². The van der Waals surface area contributed by atoms with Gasteiger partial charge >= 0.3 is 5.97 Å². The normalized spacial score (nSPS) is 10.4. The number of anilines is 1. The molecule has 25 heavy (non-hydrogen) atoms. The molecule has 0 aliphatic heterocycles. The van der Waals surface area contributed by atoms with Crippen molar-refractivity contribution in [3.63, 3.8) is 0 Å². The van der Waals surface area contributed by atoms with E-state index in [2.05, 4.69) is 0 Å². The fourth-order valence-electron chi connectivity index (χ4n) is 2.25. The van der Waals surface area contributed by atoms with E-state index in [1.165, 1.54) is 0 Å². The third-order valence-electron chi connectivity index (χ3n) is 3.70. The monoisotopic (exact) mass is 345 g/mol. The van der Waals surface area contributed by atoms with Crippen LogP contribution in [0.2, 0.25) is 0 Å². The van der Waals surface area contributed by atoms with E-state index >= 15 is 0 Å². The van der Waals surface area contributed by atoms with Crippen molar-refractivity contribution in [3.05, 3.63) is 41.0 Å². The molecule has 0 aliphatic rings. The standard InChI is InChI=1S/C20H27NO4/c1-7-25-18(22)12-17(13(2)3)20(24)21(19(23)14(4)5)16-10-8-15(6)9-11-16/h8-11,14H,7,12H2,1-6H3. The molecule has 5 nitrogen and oxygen atoms in total. The van der Waals surface area contributed by atoms with E-state index in [0.29, 0.717) is 11.3 Å². The predicted molar refractivity (Wildman–Crippen MR) is 98.1 cm³/mol. The summed E-state index contributed by atoms with van der Waals surface area (Å²) in [4.78, 5) is 38.8. The van der Waals surface area contributed by atoms with Gasteiger partial charge in [-0.2, -0.15) is 0 Å². The molecule has 1 rings (SSSR count). The second-order valence-corrected chi connectivity index (χ2v) is 6.43. The number of benzene rings is 1. The van der Waals surface area contributed by atoms with E-state index in [0.717, 1.165) is 10.5 Å². The lowest BCUT2D eigenvalue weighted by atomic mass is 10.0. The first kappa shape index (κ1) is 20.6. The SMILES string of the molecule is CCOC(=O)CC(C(=O)N(C(=O)C(C)C)c1ccc(C)cc1)=C(C)C. The summed E-state index contributed by atoms with van der Waals surface area (Å²) >= 11 is 0. The van der Waals surface area contributed by atoms with Crippen molar-refractivity contribution in [2.75, 3.05) is 11.5 Å². The number of carbonyl (C=O) groups is 3. The highest BCUT2D eigenvalue weighted by molar-refractivity contribution is 6.22. The third kappa shape index (κ3) is 5.55. The Morgan fingerprint density at radius 3 is 2.08 bits per heavy atom. The molecule has 0 bridgehead atoms. The number of aryl methyl sites for hydroxylation is 1. The Hall–Kier alpha value is -2.43. The van der Waals surface area contributed by atoms with Crippen LogP contribution in [0.5, 0.6) is 0 Å². The number of amides is 2. The molecule has 0 heterocycles. The third-order valence-corrected chi connectivity index (χ3v) is 3.70. The van der Waals surface area contributed by atoms with Crippen LogP contribution in [0.3, 0.4) is 0 Å². The van der Waals surface area contributed by atoms with Gasteiger partial charge in [0.1, 0.15) is 0 Å². The Morgan fingerprint density at radius 1 is 1.08 bits per heavy atom. The summed E-state index contributed by atoms with van der Waals surface area (Å²) in [6, 6.07) is 7.16. The van der Waals surface area contributed by atoms with E-state index < -0.39 is 11.9 Å². The smallest absolute Gasteiger partial charge is 0.310 e. The maximum absolute atomic E-state index is 13.1. The van der Waals surface area contributed by atoms with Crippen molar-refractivity contribution in [2.24, 2.45) is 5.92 Å². The number of ether oxygens (including phenoxy) is 1. The van der Waals surface area contributed by atoms with Crippen LogP contribution in [0.4, 0.5) is 5.69 Å². The maximum atomic E-state index is 13.1. The van der Waals surface area contributed by atoms with E-state index in [1.807, 2.05) is 19.1 Å². The van der Waals surface area contributed by atoms with Crippen LogP contribution in [0, 0.1) is 12.8 Å². The molecule has 2 amide bonds. The molecule has 1 aromatic rings. The summed E-state index contributed by atoms with van der Waals surface area (Å²) in [6.45, 7) is 10.9. The van der Waals surface area contributed by atoms with Crippen molar-refractivity contribution < 1.29 is 19.1 Å². The Bertz CT molecular complexity index is 667. The molecule has 0 fully saturated rings. The zero-order chi connectivity index (χ0) is 19.1. The minimum Gasteiger partial charge on any atom is -0.466 e. The van der Waals surface area contributed by atoms with Gasteiger partial charge in [0.05, 0.1) is 18.7 Å². The molecule has 0 atom stereocenters. The molecule has 136 valence electrons. The Kier molecular flexibility index (Phi) is 7.55. The Balaban J connectivity index is 3.30. The molecule has 1 aromatic carbocycles. The van der Waals surface area contributed by atoms with Crippen molar-refractivity contribution in [1.29, 1.82) is 0 Å². The van der Waals surface area contributed by atoms with E-state index in [9.17, 15) is 14.4 Å². The second kappa shape index (κ2) is 9.16. The van der Waals surface area contributed by atoms with Gasteiger partial charge in [0.2, 0.25) is 5.91 Å². The van der Waals surface area contributed by atoms with Crippen molar-refractivity contribution in [3.8, 4) is 0 Å². The summed E-state index contributed by atoms with van der Waals surface area (Å²) in [5.74, 6) is -1.62. The number of rotatable bonds is 6.